The van der Waals surface area contributed by atoms with Gasteiger partial charge in [-0.05, 0) is 60.1 Å². The fourth-order valence-corrected chi connectivity index (χ4v) is 1.79. The fraction of sp³-hybridized carbons (Fsp3) is 0.750. The molecule has 0 fully saturated rings. The van der Waals surface area contributed by atoms with E-state index >= 15 is 0 Å². The first-order chi connectivity index (χ1) is 10.3. The Hall–Kier alpha value is -1.72. The van der Waals surface area contributed by atoms with Crippen molar-refractivity contribution in [3.8, 4) is 0 Å². The number of nitrogens with one attached hydrogen (secondary N) is 3. The lowest BCUT2D eigenvalue weighted by molar-refractivity contribution is -0.123. The summed E-state index contributed by atoms with van der Waals surface area (Å²) < 4.78 is 5.20. The average molecular weight is 313 g/mol. The minimum Gasteiger partial charge on any atom is -0.444 e. The van der Waals surface area contributed by atoms with Crippen LogP contribution >= 0.6 is 0 Å². The van der Waals surface area contributed by atoms with E-state index in [-0.39, 0.29) is 5.91 Å². The lowest BCUT2D eigenvalue weighted by Crippen LogP contribution is -2.48. The maximum atomic E-state index is 12.0. The largest absolute Gasteiger partial charge is 0.444 e. The molecule has 0 aromatic heterocycles. The molecular formula is C16H31N3O3. The van der Waals surface area contributed by atoms with E-state index in [9.17, 15) is 9.59 Å². The molecule has 0 heterocycles. The summed E-state index contributed by atoms with van der Waals surface area (Å²) in [6, 6.07) is -0.559. The van der Waals surface area contributed by atoms with Crippen LogP contribution in [0.2, 0.25) is 0 Å². The third-order valence-corrected chi connectivity index (χ3v) is 2.71. The third kappa shape index (κ3) is 11.0. The van der Waals surface area contributed by atoms with E-state index < -0.39 is 17.7 Å². The summed E-state index contributed by atoms with van der Waals surface area (Å²) in [6.07, 6.45) is 5.61. The first kappa shape index (κ1) is 20.3. The van der Waals surface area contributed by atoms with Gasteiger partial charge in [0.15, 0.2) is 0 Å². The highest BCUT2D eigenvalue weighted by Crippen LogP contribution is 2.08. The first-order valence-electron chi connectivity index (χ1n) is 7.92. The summed E-state index contributed by atoms with van der Waals surface area (Å²) >= 11 is 0. The van der Waals surface area contributed by atoms with Gasteiger partial charge in [-0.15, -0.1) is 0 Å². The highest BCUT2D eigenvalue weighted by atomic mass is 16.6. The normalized spacial score (nSPS) is 12.8. The molecule has 1 atom stereocenters. The van der Waals surface area contributed by atoms with Crippen molar-refractivity contribution in [3.63, 3.8) is 0 Å². The zero-order valence-corrected chi connectivity index (χ0v) is 14.5. The quantitative estimate of drug-likeness (QED) is 0.571. The number of likely N-dealkylation sites (N-methyl/N-ethyl adjacent to an activating group) is 1. The predicted molar refractivity (Wildman–Crippen MR) is 88.5 cm³/mol. The van der Waals surface area contributed by atoms with Crippen LogP contribution in [0, 0.1) is 0 Å². The van der Waals surface area contributed by atoms with E-state index in [0.29, 0.717) is 13.0 Å². The number of rotatable bonds is 9. The monoisotopic (exact) mass is 313 g/mol. The van der Waals surface area contributed by atoms with E-state index in [1.165, 1.54) is 0 Å². The SMILES string of the molecule is CC=CNCCCCC(NC(=O)OC(C)(C)C)C(=O)NCC. The molecule has 0 spiro atoms. The molecule has 0 bridgehead atoms. The van der Waals surface area contributed by atoms with Crippen molar-refractivity contribution in [2.75, 3.05) is 13.1 Å². The molecule has 128 valence electrons. The Morgan fingerprint density at radius 1 is 1.23 bits per heavy atom. The lowest BCUT2D eigenvalue weighted by Gasteiger charge is -2.23. The Morgan fingerprint density at radius 2 is 1.91 bits per heavy atom. The van der Waals surface area contributed by atoms with Gasteiger partial charge in [-0.3, -0.25) is 4.79 Å². The molecule has 0 aliphatic rings. The minimum absolute atomic E-state index is 0.172. The Kier molecular flexibility index (Phi) is 10.1. The minimum atomic E-state index is -0.577. The van der Waals surface area contributed by atoms with Crippen molar-refractivity contribution in [1.29, 1.82) is 0 Å². The Labute approximate surface area is 134 Å². The molecule has 0 aliphatic carbocycles. The molecule has 1 unspecified atom stereocenters. The molecule has 0 aliphatic heterocycles. The zero-order chi connectivity index (χ0) is 17.0. The summed E-state index contributed by atoms with van der Waals surface area (Å²) in [5, 5.41) is 8.53. The van der Waals surface area contributed by atoms with E-state index in [2.05, 4.69) is 16.0 Å². The second-order valence-corrected chi connectivity index (χ2v) is 6.04. The summed E-state index contributed by atoms with van der Waals surface area (Å²) in [5.41, 5.74) is -0.577. The van der Waals surface area contributed by atoms with Gasteiger partial charge in [-0.25, -0.2) is 4.79 Å². The summed E-state index contributed by atoms with van der Waals surface area (Å²) in [7, 11) is 0. The molecule has 0 rings (SSSR count). The number of allylic oxidation sites excluding steroid dienone is 1. The molecule has 22 heavy (non-hydrogen) atoms. The molecule has 3 N–H and O–H groups in total. The van der Waals surface area contributed by atoms with Gasteiger partial charge < -0.3 is 20.7 Å². The molecule has 0 saturated heterocycles. The molecule has 6 heteroatoms. The van der Waals surface area contributed by atoms with Gasteiger partial charge in [0.2, 0.25) is 5.91 Å². The molecule has 0 radical (unpaired) electrons. The molecule has 2 amide bonds. The molecule has 0 aromatic rings. The van der Waals surface area contributed by atoms with Crippen LogP contribution in [0.5, 0.6) is 0 Å². The zero-order valence-electron chi connectivity index (χ0n) is 14.5. The maximum absolute atomic E-state index is 12.0. The van der Waals surface area contributed by atoms with Crippen molar-refractivity contribution >= 4 is 12.0 Å². The number of ether oxygens (including phenoxy) is 1. The van der Waals surface area contributed by atoms with E-state index in [1.807, 2.05) is 26.1 Å². The van der Waals surface area contributed by atoms with Crippen LogP contribution < -0.4 is 16.0 Å². The van der Waals surface area contributed by atoms with Crippen LogP contribution in [0.1, 0.15) is 53.9 Å². The van der Waals surface area contributed by atoms with Crippen molar-refractivity contribution in [2.45, 2.75) is 65.5 Å². The molecule has 0 saturated carbocycles. The number of hydrogen-bond acceptors (Lipinski definition) is 4. The molecule has 0 aromatic carbocycles. The van der Waals surface area contributed by atoms with E-state index in [4.69, 9.17) is 4.74 Å². The molecular weight excluding hydrogens is 282 g/mol. The summed E-state index contributed by atoms with van der Waals surface area (Å²) in [5.74, 6) is -0.172. The highest BCUT2D eigenvalue weighted by molar-refractivity contribution is 5.85. The van der Waals surface area contributed by atoms with E-state index in [0.717, 1.165) is 19.4 Å². The number of amides is 2. The lowest BCUT2D eigenvalue weighted by atomic mass is 10.1. The van der Waals surface area contributed by atoms with Crippen molar-refractivity contribution in [2.24, 2.45) is 0 Å². The van der Waals surface area contributed by atoms with Crippen LogP contribution in [0.15, 0.2) is 12.3 Å². The summed E-state index contributed by atoms with van der Waals surface area (Å²) in [4.78, 5) is 23.8. The second kappa shape index (κ2) is 10.9. The number of unbranched alkanes of at least 4 members (excludes halogenated alkanes) is 1. The summed E-state index contributed by atoms with van der Waals surface area (Å²) in [6.45, 7) is 10.6. The van der Waals surface area contributed by atoms with Gasteiger partial charge in [-0.2, -0.15) is 0 Å². The number of hydrogen-bond donors (Lipinski definition) is 3. The van der Waals surface area contributed by atoms with Gasteiger partial charge in [0, 0.05) is 13.1 Å². The van der Waals surface area contributed by atoms with Crippen molar-refractivity contribution in [3.05, 3.63) is 12.3 Å². The Bertz CT molecular complexity index is 362. The predicted octanol–water partition coefficient (Wildman–Crippen LogP) is 2.31. The van der Waals surface area contributed by atoms with Gasteiger partial charge in [-0.1, -0.05) is 6.08 Å². The van der Waals surface area contributed by atoms with Crippen molar-refractivity contribution < 1.29 is 14.3 Å². The van der Waals surface area contributed by atoms with Gasteiger partial charge in [0.05, 0.1) is 0 Å². The van der Waals surface area contributed by atoms with Crippen LogP contribution in [0.3, 0.4) is 0 Å². The third-order valence-electron chi connectivity index (χ3n) is 2.71. The van der Waals surface area contributed by atoms with E-state index in [1.54, 1.807) is 20.8 Å². The highest BCUT2D eigenvalue weighted by Gasteiger charge is 2.23. The molecule has 6 nitrogen and oxygen atoms in total. The van der Waals surface area contributed by atoms with Gasteiger partial charge in [0.25, 0.3) is 0 Å². The number of alkyl carbamates (subject to hydrolysis) is 1. The topological polar surface area (TPSA) is 79.5 Å². The number of carbonyl (C=O) groups is 2. The first-order valence-corrected chi connectivity index (χ1v) is 7.92. The smallest absolute Gasteiger partial charge is 0.408 e. The second-order valence-electron chi connectivity index (χ2n) is 6.04. The van der Waals surface area contributed by atoms with Crippen LogP contribution in [-0.4, -0.2) is 36.7 Å². The number of carbonyl (C=O) groups excluding carboxylic acids is 2. The van der Waals surface area contributed by atoms with Gasteiger partial charge in [0.1, 0.15) is 11.6 Å². The maximum Gasteiger partial charge on any atom is 0.408 e. The standard InChI is InChI=1S/C16H31N3O3/c1-6-11-17-12-9-8-10-13(14(20)18-7-2)19-15(21)22-16(3,4)5/h6,11,13,17H,7-10,12H2,1-5H3,(H,18,20)(H,19,21). The van der Waals surface area contributed by atoms with Crippen LogP contribution in [0.25, 0.3) is 0 Å². The average Bonchev–Trinajstić information content (AvgIpc) is 2.39. The Morgan fingerprint density at radius 3 is 2.45 bits per heavy atom. The van der Waals surface area contributed by atoms with Gasteiger partial charge >= 0.3 is 6.09 Å². The Balaban J connectivity index is 4.32. The fourth-order valence-electron chi connectivity index (χ4n) is 1.79. The van der Waals surface area contributed by atoms with Crippen LogP contribution in [0.4, 0.5) is 4.79 Å². The van der Waals surface area contributed by atoms with Crippen LogP contribution in [-0.2, 0) is 9.53 Å². The van der Waals surface area contributed by atoms with Crippen molar-refractivity contribution in [1.82, 2.24) is 16.0 Å².